The molecule has 1 atom stereocenters. The van der Waals surface area contributed by atoms with E-state index in [9.17, 15) is 13.2 Å². The second kappa shape index (κ2) is 7.88. The molecule has 31 heavy (non-hydrogen) atoms. The van der Waals surface area contributed by atoms with E-state index < -0.39 is 11.9 Å². The third-order valence-corrected chi connectivity index (χ3v) is 5.52. The van der Waals surface area contributed by atoms with Crippen LogP contribution in [-0.2, 0) is 12.7 Å². The van der Waals surface area contributed by atoms with E-state index >= 15 is 0 Å². The summed E-state index contributed by atoms with van der Waals surface area (Å²) in [5.74, 6) is 1.51. The number of aromatic nitrogens is 2. The largest absolute Gasteiger partial charge is 0.494 e. The van der Waals surface area contributed by atoms with E-state index in [1.807, 2.05) is 0 Å². The fraction of sp³-hybridized carbons (Fsp3) is 0.364. The standard InChI is InChI=1S/C22H23F3N4O2/c1-12-8-9-29(11-12)13(2)19-17(10-26)31-21(28-19)15-4-6-16(30-3)20-14(15)5-7-18(27-20)22(23,24)25/h4-7,12H,2,8-11,26H2,1,3H3/t12-/m1/s1. The third-order valence-electron chi connectivity index (χ3n) is 5.52. The van der Waals surface area contributed by atoms with Crippen LogP contribution in [0.1, 0.15) is 30.5 Å². The van der Waals surface area contributed by atoms with Crippen molar-refractivity contribution in [3.63, 3.8) is 0 Å². The molecule has 3 heterocycles. The van der Waals surface area contributed by atoms with E-state index in [1.54, 1.807) is 12.1 Å². The number of nitrogens with two attached hydrogens (primary N) is 1. The summed E-state index contributed by atoms with van der Waals surface area (Å²) < 4.78 is 50.7. The second-order valence-electron chi connectivity index (χ2n) is 7.69. The molecule has 1 aliphatic rings. The number of fused-ring (bicyclic) bond motifs is 1. The maximum atomic E-state index is 13.2. The Morgan fingerprint density at radius 1 is 1.29 bits per heavy atom. The number of halogens is 3. The molecule has 2 N–H and O–H groups in total. The molecule has 0 radical (unpaired) electrons. The van der Waals surface area contributed by atoms with Gasteiger partial charge in [-0.3, -0.25) is 0 Å². The first-order valence-corrected chi connectivity index (χ1v) is 9.92. The number of oxazole rings is 1. The minimum Gasteiger partial charge on any atom is -0.494 e. The number of alkyl halides is 3. The number of pyridine rings is 1. The van der Waals surface area contributed by atoms with E-state index in [2.05, 4.69) is 28.4 Å². The van der Waals surface area contributed by atoms with Gasteiger partial charge in [-0.15, -0.1) is 0 Å². The fourth-order valence-electron chi connectivity index (χ4n) is 3.86. The molecule has 0 saturated carbocycles. The lowest BCUT2D eigenvalue weighted by atomic mass is 10.1. The molecule has 6 nitrogen and oxygen atoms in total. The monoisotopic (exact) mass is 432 g/mol. The minimum absolute atomic E-state index is 0.0797. The summed E-state index contributed by atoms with van der Waals surface area (Å²) in [5.41, 5.74) is 6.76. The number of hydrogen-bond acceptors (Lipinski definition) is 6. The van der Waals surface area contributed by atoms with Crippen LogP contribution < -0.4 is 10.5 Å². The van der Waals surface area contributed by atoms with Gasteiger partial charge in [-0.1, -0.05) is 13.5 Å². The molecule has 1 aliphatic heterocycles. The molecule has 0 aliphatic carbocycles. The van der Waals surface area contributed by atoms with Crippen LogP contribution in [0.4, 0.5) is 13.2 Å². The van der Waals surface area contributed by atoms with E-state index in [0.717, 1.165) is 31.3 Å². The molecule has 9 heteroatoms. The summed E-state index contributed by atoms with van der Waals surface area (Å²) in [5, 5.41) is 0.434. The number of nitrogens with zero attached hydrogens (tertiary/aromatic N) is 3. The summed E-state index contributed by atoms with van der Waals surface area (Å²) in [6.45, 7) is 8.23. The Hall–Kier alpha value is -3.07. The van der Waals surface area contributed by atoms with Crippen molar-refractivity contribution in [3.05, 3.63) is 48.0 Å². The maximum Gasteiger partial charge on any atom is 0.433 e. The maximum absolute atomic E-state index is 13.2. The molecule has 4 rings (SSSR count). The number of benzene rings is 1. The predicted molar refractivity (Wildman–Crippen MR) is 111 cm³/mol. The van der Waals surface area contributed by atoms with Crippen molar-refractivity contribution in [3.8, 4) is 17.2 Å². The van der Waals surface area contributed by atoms with Gasteiger partial charge >= 0.3 is 6.18 Å². The topological polar surface area (TPSA) is 77.4 Å². The summed E-state index contributed by atoms with van der Waals surface area (Å²) in [4.78, 5) is 10.6. The molecule has 0 bridgehead atoms. The third kappa shape index (κ3) is 3.85. The van der Waals surface area contributed by atoms with Crippen LogP contribution in [0.25, 0.3) is 28.1 Å². The van der Waals surface area contributed by atoms with E-state index in [0.29, 0.717) is 28.3 Å². The van der Waals surface area contributed by atoms with Crippen LogP contribution >= 0.6 is 0 Å². The number of ether oxygens (including phenoxy) is 1. The molecule has 1 aromatic carbocycles. The molecule has 1 fully saturated rings. The highest BCUT2D eigenvalue weighted by Crippen LogP contribution is 2.38. The zero-order valence-corrected chi connectivity index (χ0v) is 17.3. The van der Waals surface area contributed by atoms with Crippen molar-refractivity contribution in [2.45, 2.75) is 26.1 Å². The Morgan fingerprint density at radius 2 is 2.06 bits per heavy atom. The average Bonchev–Trinajstić information content (AvgIpc) is 3.37. The molecule has 2 aromatic heterocycles. The van der Waals surface area contributed by atoms with Gasteiger partial charge in [0.2, 0.25) is 5.89 Å². The lowest BCUT2D eigenvalue weighted by Crippen LogP contribution is -2.19. The summed E-state index contributed by atoms with van der Waals surface area (Å²) in [7, 11) is 1.38. The normalized spacial score (nSPS) is 16.8. The van der Waals surface area contributed by atoms with E-state index in [-0.39, 0.29) is 23.7 Å². The first-order chi connectivity index (χ1) is 14.7. The molecule has 0 amide bonds. The lowest BCUT2D eigenvalue weighted by molar-refractivity contribution is -0.140. The first-order valence-electron chi connectivity index (χ1n) is 9.92. The zero-order chi connectivity index (χ0) is 22.3. The molecular weight excluding hydrogens is 409 g/mol. The van der Waals surface area contributed by atoms with Crippen molar-refractivity contribution in [1.29, 1.82) is 0 Å². The smallest absolute Gasteiger partial charge is 0.433 e. The van der Waals surface area contributed by atoms with Gasteiger partial charge in [-0.25, -0.2) is 9.97 Å². The van der Waals surface area contributed by atoms with Crippen LogP contribution in [0.3, 0.4) is 0 Å². The van der Waals surface area contributed by atoms with E-state index in [4.69, 9.17) is 14.9 Å². The van der Waals surface area contributed by atoms with Crippen LogP contribution in [-0.4, -0.2) is 35.1 Å². The van der Waals surface area contributed by atoms with Crippen molar-refractivity contribution in [1.82, 2.24) is 14.9 Å². The Morgan fingerprint density at radius 3 is 2.68 bits per heavy atom. The Labute approximate surface area is 177 Å². The van der Waals surface area contributed by atoms with Crippen molar-refractivity contribution in [2.75, 3.05) is 20.2 Å². The van der Waals surface area contributed by atoms with Crippen LogP contribution in [0.15, 0.2) is 35.3 Å². The summed E-state index contributed by atoms with van der Waals surface area (Å²) in [6.07, 6.45) is -3.50. The molecule has 0 unspecified atom stereocenters. The highest BCUT2D eigenvalue weighted by atomic mass is 19.4. The van der Waals surface area contributed by atoms with Crippen molar-refractivity contribution >= 4 is 16.6 Å². The van der Waals surface area contributed by atoms with Crippen molar-refractivity contribution < 1.29 is 22.3 Å². The van der Waals surface area contributed by atoms with Gasteiger partial charge in [0.05, 0.1) is 19.4 Å². The SMILES string of the molecule is C=C(c1nc(-c2ccc(OC)c3nc(C(F)(F)F)ccc23)oc1CN)N1CC[C@@H](C)C1. The molecule has 0 spiro atoms. The van der Waals surface area contributed by atoms with Gasteiger partial charge in [-0.05, 0) is 36.6 Å². The first kappa shape index (κ1) is 21.2. The van der Waals surface area contributed by atoms with Gasteiger partial charge < -0.3 is 19.8 Å². The minimum atomic E-state index is -4.57. The number of methoxy groups -OCH3 is 1. The molecular formula is C22H23F3N4O2. The Kier molecular flexibility index (Phi) is 5.38. The quantitative estimate of drug-likeness (QED) is 0.630. The van der Waals surface area contributed by atoms with E-state index in [1.165, 1.54) is 13.2 Å². The highest BCUT2D eigenvalue weighted by molar-refractivity contribution is 5.96. The van der Waals surface area contributed by atoms with Gasteiger partial charge in [0.25, 0.3) is 0 Å². The molecule has 1 saturated heterocycles. The number of hydrogen-bond donors (Lipinski definition) is 1. The van der Waals surface area contributed by atoms with Crippen LogP contribution in [0, 0.1) is 5.92 Å². The molecule has 164 valence electrons. The summed E-state index contributed by atoms with van der Waals surface area (Å²) >= 11 is 0. The van der Waals surface area contributed by atoms with Gasteiger partial charge in [-0.2, -0.15) is 13.2 Å². The molecule has 3 aromatic rings. The number of rotatable bonds is 5. The van der Waals surface area contributed by atoms with Crippen LogP contribution in [0.2, 0.25) is 0 Å². The van der Waals surface area contributed by atoms with Gasteiger partial charge in [0.15, 0.2) is 0 Å². The van der Waals surface area contributed by atoms with Gasteiger partial charge in [0.1, 0.15) is 28.4 Å². The Bertz CT molecular complexity index is 1140. The second-order valence-corrected chi connectivity index (χ2v) is 7.69. The highest BCUT2D eigenvalue weighted by Gasteiger charge is 2.33. The lowest BCUT2D eigenvalue weighted by Gasteiger charge is -2.19. The van der Waals surface area contributed by atoms with Crippen molar-refractivity contribution in [2.24, 2.45) is 11.7 Å². The fourth-order valence-corrected chi connectivity index (χ4v) is 3.86. The number of likely N-dealkylation sites (tertiary alicyclic amines) is 1. The van der Waals surface area contributed by atoms with Crippen LogP contribution in [0.5, 0.6) is 5.75 Å². The average molecular weight is 432 g/mol. The Balaban J connectivity index is 1.82. The predicted octanol–water partition coefficient (Wildman–Crippen LogP) is 4.69. The zero-order valence-electron chi connectivity index (χ0n) is 17.3. The van der Waals surface area contributed by atoms with Gasteiger partial charge in [0, 0.05) is 24.0 Å². The summed E-state index contributed by atoms with van der Waals surface area (Å²) in [6, 6.07) is 5.52.